The van der Waals surface area contributed by atoms with Crippen molar-refractivity contribution in [3.63, 3.8) is 0 Å². The molecule has 0 aliphatic rings. The molecule has 0 fully saturated rings. The van der Waals surface area contributed by atoms with Gasteiger partial charge in [0.1, 0.15) is 11.6 Å². The van der Waals surface area contributed by atoms with Crippen LogP contribution in [0.2, 0.25) is 5.02 Å². The first kappa shape index (κ1) is 18.7. The maximum atomic E-state index is 13.1. The van der Waals surface area contributed by atoms with E-state index in [1.807, 2.05) is 0 Å². The number of carbonyl (C=O) groups excluding carboxylic acids is 2. The van der Waals surface area contributed by atoms with Crippen LogP contribution in [0.15, 0.2) is 42.5 Å². The molecule has 0 heterocycles. The third-order valence-corrected chi connectivity index (χ3v) is 3.63. The van der Waals surface area contributed by atoms with Crippen LogP contribution in [-0.4, -0.2) is 25.1 Å². The molecule has 25 heavy (non-hydrogen) atoms. The van der Waals surface area contributed by atoms with Crippen LogP contribution in [0.3, 0.4) is 0 Å². The number of amides is 1. The summed E-state index contributed by atoms with van der Waals surface area (Å²) in [6.07, 6.45) is -1.13. The Hall–Kier alpha value is -2.60. The van der Waals surface area contributed by atoms with E-state index in [1.54, 1.807) is 18.2 Å². The lowest BCUT2D eigenvalue weighted by atomic mass is 10.1. The summed E-state index contributed by atoms with van der Waals surface area (Å²) >= 11 is 5.99. The molecule has 7 heteroatoms. The number of nitrogens with one attached hydrogen (secondary N) is 1. The summed E-state index contributed by atoms with van der Waals surface area (Å²) in [5, 5.41) is 2.94. The maximum absolute atomic E-state index is 13.1. The summed E-state index contributed by atoms with van der Waals surface area (Å²) in [6.45, 7) is 1.45. The summed E-state index contributed by atoms with van der Waals surface area (Å²) in [4.78, 5) is 24.0. The summed E-state index contributed by atoms with van der Waals surface area (Å²) in [5.41, 5.74) is 0.920. The second-order valence-corrected chi connectivity index (χ2v) is 5.68. The Morgan fingerprint density at radius 3 is 2.64 bits per heavy atom. The molecule has 1 atom stereocenters. The number of methoxy groups -OCH3 is 1. The van der Waals surface area contributed by atoms with Crippen molar-refractivity contribution in [2.24, 2.45) is 0 Å². The van der Waals surface area contributed by atoms with E-state index in [0.29, 0.717) is 22.0 Å². The molecule has 0 saturated heterocycles. The van der Waals surface area contributed by atoms with Crippen LogP contribution in [0, 0.1) is 5.82 Å². The highest BCUT2D eigenvalue weighted by Crippen LogP contribution is 2.27. The van der Waals surface area contributed by atoms with Crippen molar-refractivity contribution in [2.75, 3.05) is 12.4 Å². The van der Waals surface area contributed by atoms with Crippen molar-refractivity contribution in [1.82, 2.24) is 0 Å². The van der Waals surface area contributed by atoms with Gasteiger partial charge in [-0.1, -0.05) is 23.7 Å². The molecule has 0 aliphatic heterocycles. The third kappa shape index (κ3) is 5.46. The van der Waals surface area contributed by atoms with Gasteiger partial charge in [0.15, 0.2) is 6.10 Å². The van der Waals surface area contributed by atoms with Gasteiger partial charge in [-0.3, -0.25) is 9.59 Å². The highest BCUT2D eigenvalue weighted by atomic mass is 35.5. The Labute approximate surface area is 149 Å². The summed E-state index contributed by atoms with van der Waals surface area (Å²) in [6, 6.07) is 10.4. The smallest absolute Gasteiger partial charge is 0.311 e. The number of benzene rings is 2. The standard InChI is InChI=1S/C18H17ClFNO4/c1-11(25-17(22)9-12-4-3-5-13(20)8-12)18(23)21-14-6-7-16(24-2)15(19)10-14/h3-8,10-11H,9H2,1-2H3,(H,21,23)/t11-/m0/s1. The van der Waals surface area contributed by atoms with Crippen LogP contribution in [-0.2, 0) is 20.7 Å². The zero-order valence-electron chi connectivity index (χ0n) is 13.7. The Morgan fingerprint density at radius 1 is 1.24 bits per heavy atom. The SMILES string of the molecule is COc1ccc(NC(=O)[C@H](C)OC(=O)Cc2cccc(F)c2)cc1Cl. The van der Waals surface area contributed by atoms with Crippen LogP contribution in [0.5, 0.6) is 5.75 Å². The number of carbonyl (C=O) groups is 2. The highest BCUT2D eigenvalue weighted by Gasteiger charge is 2.18. The monoisotopic (exact) mass is 365 g/mol. The topological polar surface area (TPSA) is 64.6 Å². The van der Waals surface area contributed by atoms with E-state index in [9.17, 15) is 14.0 Å². The van der Waals surface area contributed by atoms with Gasteiger partial charge in [-0.05, 0) is 42.8 Å². The second-order valence-electron chi connectivity index (χ2n) is 5.28. The minimum Gasteiger partial charge on any atom is -0.495 e. The molecule has 0 saturated carbocycles. The summed E-state index contributed by atoms with van der Waals surface area (Å²) in [5.74, 6) is -1.09. The van der Waals surface area contributed by atoms with Crippen LogP contribution in [0.4, 0.5) is 10.1 Å². The average Bonchev–Trinajstić information content (AvgIpc) is 2.54. The van der Waals surface area contributed by atoms with Crippen LogP contribution in [0.1, 0.15) is 12.5 Å². The Kier molecular flexibility index (Phi) is 6.36. The van der Waals surface area contributed by atoms with E-state index < -0.39 is 23.8 Å². The molecule has 0 aliphatic carbocycles. The van der Waals surface area contributed by atoms with E-state index in [1.165, 1.54) is 38.3 Å². The second kappa shape index (κ2) is 8.48. The third-order valence-electron chi connectivity index (χ3n) is 3.33. The molecule has 1 N–H and O–H groups in total. The molecule has 0 bridgehead atoms. The first-order valence-corrected chi connectivity index (χ1v) is 7.85. The van der Waals surface area contributed by atoms with Crippen molar-refractivity contribution >= 4 is 29.2 Å². The van der Waals surface area contributed by atoms with Crippen molar-refractivity contribution in [3.05, 3.63) is 58.9 Å². The highest BCUT2D eigenvalue weighted by molar-refractivity contribution is 6.32. The quantitative estimate of drug-likeness (QED) is 0.794. The number of halogens is 2. The van der Waals surface area contributed by atoms with Gasteiger partial charge in [-0.25, -0.2) is 4.39 Å². The zero-order valence-corrected chi connectivity index (χ0v) is 14.5. The zero-order chi connectivity index (χ0) is 18.4. The molecular weight excluding hydrogens is 349 g/mol. The van der Waals surface area contributed by atoms with Crippen molar-refractivity contribution in [2.45, 2.75) is 19.4 Å². The lowest BCUT2D eigenvalue weighted by molar-refractivity contribution is -0.152. The number of esters is 1. The molecule has 0 unspecified atom stereocenters. The first-order chi connectivity index (χ1) is 11.9. The fraction of sp³-hybridized carbons (Fsp3) is 0.222. The van der Waals surface area contributed by atoms with Crippen LogP contribution in [0.25, 0.3) is 0 Å². The average molecular weight is 366 g/mol. The number of hydrogen-bond donors (Lipinski definition) is 1. The van der Waals surface area contributed by atoms with E-state index in [2.05, 4.69) is 5.32 Å². The van der Waals surface area contributed by atoms with Gasteiger partial charge in [-0.2, -0.15) is 0 Å². The molecule has 0 aromatic heterocycles. The van der Waals surface area contributed by atoms with Gasteiger partial charge in [0.25, 0.3) is 5.91 Å². The largest absolute Gasteiger partial charge is 0.495 e. The Bertz CT molecular complexity index is 781. The molecule has 132 valence electrons. The van der Waals surface area contributed by atoms with E-state index in [4.69, 9.17) is 21.1 Å². The molecule has 0 radical (unpaired) electrons. The predicted molar refractivity (Wildman–Crippen MR) is 92.3 cm³/mol. The molecule has 1 amide bonds. The minimum atomic E-state index is -1.01. The molecular formula is C18H17ClFNO4. The molecule has 5 nitrogen and oxygen atoms in total. The molecule has 2 aromatic carbocycles. The van der Waals surface area contributed by atoms with E-state index in [-0.39, 0.29) is 6.42 Å². The van der Waals surface area contributed by atoms with Gasteiger partial charge in [-0.15, -0.1) is 0 Å². The van der Waals surface area contributed by atoms with Gasteiger partial charge >= 0.3 is 5.97 Å². The fourth-order valence-electron chi connectivity index (χ4n) is 2.09. The van der Waals surface area contributed by atoms with Crippen molar-refractivity contribution < 1.29 is 23.5 Å². The molecule has 2 rings (SSSR count). The summed E-state index contributed by atoms with van der Waals surface area (Å²) in [7, 11) is 1.49. The lowest BCUT2D eigenvalue weighted by Crippen LogP contribution is -2.30. The lowest BCUT2D eigenvalue weighted by Gasteiger charge is -2.14. The van der Waals surface area contributed by atoms with Crippen molar-refractivity contribution in [1.29, 1.82) is 0 Å². The van der Waals surface area contributed by atoms with Gasteiger partial charge in [0.2, 0.25) is 0 Å². The molecule has 2 aromatic rings. The number of hydrogen-bond acceptors (Lipinski definition) is 4. The Morgan fingerprint density at radius 2 is 2.00 bits per heavy atom. The fourth-order valence-corrected chi connectivity index (χ4v) is 2.35. The predicted octanol–water partition coefficient (Wildman–Crippen LogP) is 3.60. The van der Waals surface area contributed by atoms with Crippen molar-refractivity contribution in [3.8, 4) is 5.75 Å². The van der Waals surface area contributed by atoms with E-state index in [0.717, 1.165) is 0 Å². The first-order valence-electron chi connectivity index (χ1n) is 7.47. The van der Waals surface area contributed by atoms with Gasteiger partial charge in [0.05, 0.1) is 18.6 Å². The summed E-state index contributed by atoms with van der Waals surface area (Å²) < 4.78 is 23.2. The number of ether oxygens (including phenoxy) is 2. The van der Waals surface area contributed by atoms with E-state index >= 15 is 0 Å². The van der Waals surface area contributed by atoms with Crippen LogP contribution >= 0.6 is 11.6 Å². The van der Waals surface area contributed by atoms with Crippen LogP contribution < -0.4 is 10.1 Å². The minimum absolute atomic E-state index is 0.121. The number of rotatable bonds is 6. The molecule has 0 spiro atoms. The normalized spacial score (nSPS) is 11.5. The van der Waals surface area contributed by atoms with Gasteiger partial charge in [0, 0.05) is 5.69 Å². The Balaban J connectivity index is 1.91. The number of anilines is 1. The maximum Gasteiger partial charge on any atom is 0.311 e. The van der Waals surface area contributed by atoms with Gasteiger partial charge < -0.3 is 14.8 Å².